The number of carboxylic acids is 1. The Bertz CT molecular complexity index is 195. The summed E-state index contributed by atoms with van der Waals surface area (Å²) in [5, 5.41) is 12.2. The van der Waals surface area contributed by atoms with E-state index in [-0.39, 0.29) is 0 Å². The standard InChI is InChI=1S/C12H26N2O2/c1-5-7-13-11(12(15)16)9-14(8-6-2)10(3)4/h10-11,13H,5-9H2,1-4H3,(H,15,16). The number of nitrogens with one attached hydrogen (secondary N) is 1. The summed E-state index contributed by atoms with van der Waals surface area (Å²) in [6.45, 7) is 10.7. The third-order valence-electron chi connectivity index (χ3n) is 2.60. The maximum atomic E-state index is 11.1. The van der Waals surface area contributed by atoms with Gasteiger partial charge in [0.25, 0.3) is 0 Å². The molecule has 0 aliphatic heterocycles. The summed E-state index contributed by atoms with van der Waals surface area (Å²) in [5.41, 5.74) is 0. The van der Waals surface area contributed by atoms with Gasteiger partial charge in [0.15, 0.2) is 0 Å². The molecule has 4 heteroatoms. The molecule has 0 aliphatic rings. The molecule has 4 nitrogen and oxygen atoms in total. The summed E-state index contributed by atoms with van der Waals surface area (Å²) in [7, 11) is 0. The summed E-state index contributed by atoms with van der Waals surface area (Å²) < 4.78 is 0. The third kappa shape index (κ3) is 6.08. The van der Waals surface area contributed by atoms with Crippen LogP contribution in [-0.2, 0) is 4.79 Å². The molecule has 16 heavy (non-hydrogen) atoms. The molecule has 96 valence electrons. The highest BCUT2D eigenvalue weighted by molar-refractivity contribution is 5.73. The minimum absolute atomic E-state index is 0.394. The highest BCUT2D eigenvalue weighted by atomic mass is 16.4. The zero-order valence-corrected chi connectivity index (χ0v) is 11.0. The van der Waals surface area contributed by atoms with Gasteiger partial charge in [-0.1, -0.05) is 13.8 Å². The first-order valence-electron chi connectivity index (χ1n) is 6.23. The molecule has 0 saturated heterocycles. The number of carboxylic acid groups (broad SMARTS) is 1. The number of aliphatic carboxylic acids is 1. The van der Waals surface area contributed by atoms with Crippen molar-refractivity contribution in [3.63, 3.8) is 0 Å². The minimum Gasteiger partial charge on any atom is -0.480 e. The van der Waals surface area contributed by atoms with E-state index in [2.05, 4.69) is 31.0 Å². The van der Waals surface area contributed by atoms with Gasteiger partial charge < -0.3 is 10.4 Å². The van der Waals surface area contributed by atoms with Crippen LogP contribution in [0.15, 0.2) is 0 Å². The van der Waals surface area contributed by atoms with Gasteiger partial charge in [-0.15, -0.1) is 0 Å². The molecule has 0 aromatic carbocycles. The van der Waals surface area contributed by atoms with E-state index in [1.54, 1.807) is 0 Å². The SMILES string of the molecule is CCCNC(CN(CCC)C(C)C)C(=O)O. The summed E-state index contributed by atoms with van der Waals surface area (Å²) in [4.78, 5) is 13.3. The second kappa shape index (κ2) is 8.53. The predicted octanol–water partition coefficient (Wildman–Crippen LogP) is 1.56. The van der Waals surface area contributed by atoms with Crippen molar-refractivity contribution < 1.29 is 9.90 Å². The Morgan fingerprint density at radius 3 is 2.31 bits per heavy atom. The Balaban J connectivity index is 4.26. The maximum absolute atomic E-state index is 11.1. The lowest BCUT2D eigenvalue weighted by Crippen LogP contribution is -2.48. The third-order valence-corrected chi connectivity index (χ3v) is 2.60. The number of hydrogen-bond acceptors (Lipinski definition) is 3. The van der Waals surface area contributed by atoms with E-state index >= 15 is 0 Å². The molecule has 0 aromatic rings. The largest absolute Gasteiger partial charge is 0.480 e. The van der Waals surface area contributed by atoms with Gasteiger partial charge in [-0.3, -0.25) is 9.69 Å². The van der Waals surface area contributed by atoms with Crippen molar-refractivity contribution in [2.45, 2.75) is 52.6 Å². The molecule has 1 unspecified atom stereocenters. The van der Waals surface area contributed by atoms with E-state index in [9.17, 15) is 4.79 Å². The first-order valence-corrected chi connectivity index (χ1v) is 6.23. The monoisotopic (exact) mass is 230 g/mol. The molecule has 0 aromatic heterocycles. The van der Waals surface area contributed by atoms with E-state index in [1.807, 2.05) is 6.92 Å². The molecular formula is C12H26N2O2. The number of rotatable bonds is 9. The average molecular weight is 230 g/mol. The van der Waals surface area contributed by atoms with Crippen molar-refractivity contribution in [1.82, 2.24) is 10.2 Å². The Hall–Kier alpha value is -0.610. The first kappa shape index (κ1) is 15.4. The van der Waals surface area contributed by atoms with E-state index in [0.29, 0.717) is 12.6 Å². The van der Waals surface area contributed by atoms with Crippen molar-refractivity contribution in [2.75, 3.05) is 19.6 Å². The van der Waals surface area contributed by atoms with Crippen LogP contribution in [0.4, 0.5) is 0 Å². The van der Waals surface area contributed by atoms with Gasteiger partial charge in [-0.2, -0.15) is 0 Å². The van der Waals surface area contributed by atoms with E-state index in [0.717, 1.165) is 25.9 Å². The molecule has 0 aliphatic carbocycles. The summed E-state index contributed by atoms with van der Waals surface area (Å²) >= 11 is 0. The number of carbonyl (C=O) groups is 1. The fourth-order valence-corrected chi connectivity index (χ4v) is 1.63. The highest BCUT2D eigenvalue weighted by Crippen LogP contribution is 2.02. The van der Waals surface area contributed by atoms with Crippen LogP contribution in [0.2, 0.25) is 0 Å². The molecular weight excluding hydrogens is 204 g/mol. The minimum atomic E-state index is -0.754. The lowest BCUT2D eigenvalue weighted by atomic mass is 10.2. The van der Waals surface area contributed by atoms with Crippen molar-refractivity contribution in [3.8, 4) is 0 Å². The molecule has 0 rings (SSSR count). The Kier molecular flexibility index (Phi) is 8.21. The topological polar surface area (TPSA) is 52.6 Å². The maximum Gasteiger partial charge on any atom is 0.322 e. The zero-order valence-electron chi connectivity index (χ0n) is 11.0. The van der Waals surface area contributed by atoms with Gasteiger partial charge >= 0.3 is 5.97 Å². The Labute approximate surface area is 99.0 Å². The average Bonchev–Trinajstić information content (AvgIpc) is 2.21. The molecule has 0 spiro atoms. The van der Waals surface area contributed by atoms with Gasteiger partial charge in [-0.05, 0) is 39.8 Å². The molecule has 2 N–H and O–H groups in total. The number of hydrogen-bond donors (Lipinski definition) is 2. The van der Waals surface area contributed by atoms with Gasteiger partial charge in [0, 0.05) is 12.6 Å². The fraction of sp³-hybridized carbons (Fsp3) is 0.917. The van der Waals surface area contributed by atoms with Crippen LogP contribution < -0.4 is 5.32 Å². The lowest BCUT2D eigenvalue weighted by molar-refractivity contribution is -0.140. The lowest BCUT2D eigenvalue weighted by Gasteiger charge is -2.29. The van der Waals surface area contributed by atoms with E-state index in [4.69, 9.17) is 5.11 Å². The van der Waals surface area contributed by atoms with Gasteiger partial charge in [0.2, 0.25) is 0 Å². The van der Waals surface area contributed by atoms with Crippen molar-refractivity contribution >= 4 is 5.97 Å². The zero-order chi connectivity index (χ0) is 12.6. The van der Waals surface area contributed by atoms with E-state index in [1.165, 1.54) is 0 Å². The molecule has 1 atom stereocenters. The second-order valence-corrected chi connectivity index (χ2v) is 4.43. The van der Waals surface area contributed by atoms with Gasteiger partial charge in [0.05, 0.1) is 0 Å². The van der Waals surface area contributed by atoms with Gasteiger partial charge in [-0.25, -0.2) is 0 Å². The molecule has 0 fully saturated rings. The summed E-state index contributed by atoms with van der Waals surface area (Å²) in [6.07, 6.45) is 2.01. The molecule has 0 bridgehead atoms. The van der Waals surface area contributed by atoms with Crippen LogP contribution in [-0.4, -0.2) is 47.7 Å². The van der Waals surface area contributed by atoms with Gasteiger partial charge in [0.1, 0.15) is 6.04 Å². The van der Waals surface area contributed by atoms with Crippen LogP contribution in [0.1, 0.15) is 40.5 Å². The van der Waals surface area contributed by atoms with Crippen molar-refractivity contribution in [2.24, 2.45) is 0 Å². The van der Waals surface area contributed by atoms with Crippen molar-refractivity contribution in [1.29, 1.82) is 0 Å². The van der Waals surface area contributed by atoms with Crippen LogP contribution >= 0.6 is 0 Å². The number of nitrogens with zero attached hydrogens (tertiary/aromatic N) is 1. The second-order valence-electron chi connectivity index (χ2n) is 4.43. The fourth-order valence-electron chi connectivity index (χ4n) is 1.63. The van der Waals surface area contributed by atoms with Crippen LogP contribution in [0.5, 0.6) is 0 Å². The summed E-state index contributed by atoms with van der Waals surface area (Å²) in [6, 6.07) is -0.0564. The van der Waals surface area contributed by atoms with Crippen LogP contribution in [0.25, 0.3) is 0 Å². The predicted molar refractivity (Wildman–Crippen MR) is 66.7 cm³/mol. The molecule has 0 heterocycles. The molecule has 0 radical (unpaired) electrons. The molecule has 0 saturated carbocycles. The van der Waals surface area contributed by atoms with Crippen molar-refractivity contribution in [3.05, 3.63) is 0 Å². The normalized spacial score (nSPS) is 13.4. The van der Waals surface area contributed by atoms with Crippen LogP contribution in [0.3, 0.4) is 0 Å². The summed E-state index contributed by atoms with van der Waals surface area (Å²) in [5.74, 6) is -0.754. The smallest absolute Gasteiger partial charge is 0.322 e. The Morgan fingerprint density at radius 1 is 1.31 bits per heavy atom. The first-order chi connectivity index (χ1) is 7.52. The van der Waals surface area contributed by atoms with E-state index < -0.39 is 12.0 Å². The molecule has 0 amide bonds. The Morgan fingerprint density at radius 2 is 1.94 bits per heavy atom. The highest BCUT2D eigenvalue weighted by Gasteiger charge is 2.21. The van der Waals surface area contributed by atoms with Crippen LogP contribution in [0, 0.1) is 0 Å². The quantitative estimate of drug-likeness (QED) is 0.631.